The number of hydrogen-bond donors (Lipinski definition) is 1. The highest BCUT2D eigenvalue weighted by molar-refractivity contribution is 9.10. The molecule has 3 heteroatoms. The molecule has 0 unspecified atom stereocenters. The van der Waals surface area contributed by atoms with Crippen LogP contribution in [0.15, 0.2) is 34.8 Å². The molecule has 0 aromatic heterocycles. The molecule has 0 aliphatic rings. The topological polar surface area (TPSA) is 12.0 Å². The van der Waals surface area contributed by atoms with E-state index in [4.69, 9.17) is 11.6 Å². The van der Waals surface area contributed by atoms with Gasteiger partial charge in [0.05, 0.1) is 0 Å². The van der Waals surface area contributed by atoms with Crippen molar-refractivity contribution < 1.29 is 0 Å². The standard InChI is InChI=1S/C11H13BrClN/c1-8(2)6-14-7-9-3-4-10(13)5-11(9)12/h3-5,14H,1,6-7H2,2H3. The Balaban J connectivity index is 2.55. The average Bonchev–Trinajstić information content (AvgIpc) is 2.08. The van der Waals surface area contributed by atoms with Crippen LogP contribution < -0.4 is 5.32 Å². The van der Waals surface area contributed by atoms with Gasteiger partial charge >= 0.3 is 0 Å². The maximum absolute atomic E-state index is 5.84. The van der Waals surface area contributed by atoms with Crippen molar-refractivity contribution in [1.29, 1.82) is 0 Å². The van der Waals surface area contributed by atoms with Crippen LogP contribution in [0.2, 0.25) is 5.02 Å². The zero-order valence-corrected chi connectivity index (χ0v) is 10.5. The van der Waals surface area contributed by atoms with Crippen LogP contribution in [0, 0.1) is 0 Å². The fourth-order valence-corrected chi connectivity index (χ4v) is 1.90. The molecule has 1 N–H and O–H groups in total. The maximum atomic E-state index is 5.84. The lowest BCUT2D eigenvalue weighted by Crippen LogP contribution is -2.15. The summed E-state index contributed by atoms with van der Waals surface area (Å²) in [7, 11) is 0. The Morgan fingerprint density at radius 2 is 2.29 bits per heavy atom. The summed E-state index contributed by atoms with van der Waals surface area (Å²) in [6.07, 6.45) is 0. The van der Waals surface area contributed by atoms with Crippen LogP contribution in [0.1, 0.15) is 12.5 Å². The summed E-state index contributed by atoms with van der Waals surface area (Å²) in [5.41, 5.74) is 2.34. The van der Waals surface area contributed by atoms with E-state index in [0.29, 0.717) is 0 Å². The fraction of sp³-hybridized carbons (Fsp3) is 0.273. The molecule has 0 amide bonds. The second kappa shape index (κ2) is 5.54. The summed E-state index contributed by atoms with van der Waals surface area (Å²) in [6, 6.07) is 5.81. The Kier molecular flexibility index (Phi) is 4.66. The van der Waals surface area contributed by atoms with Crippen LogP contribution in [0.4, 0.5) is 0 Å². The number of hydrogen-bond acceptors (Lipinski definition) is 1. The number of rotatable bonds is 4. The maximum Gasteiger partial charge on any atom is 0.0417 e. The molecular formula is C11H13BrClN. The van der Waals surface area contributed by atoms with Gasteiger partial charge in [0.1, 0.15) is 0 Å². The third-order valence-electron chi connectivity index (χ3n) is 1.76. The molecular weight excluding hydrogens is 261 g/mol. The van der Waals surface area contributed by atoms with E-state index in [1.165, 1.54) is 5.56 Å². The molecule has 0 saturated heterocycles. The van der Waals surface area contributed by atoms with Gasteiger partial charge in [0, 0.05) is 22.6 Å². The fourth-order valence-electron chi connectivity index (χ4n) is 1.08. The predicted octanol–water partition coefficient (Wildman–Crippen LogP) is 3.77. The van der Waals surface area contributed by atoms with E-state index >= 15 is 0 Å². The molecule has 0 saturated carbocycles. The molecule has 0 fully saturated rings. The van der Waals surface area contributed by atoms with E-state index in [2.05, 4.69) is 27.8 Å². The third kappa shape index (κ3) is 3.82. The predicted molar refractivity (Wildman–Crippen MR) is 65.7 cm³/mol. The molecule has 14 heavy (non-hydrogen) atoms. The molecule has 0 aliphatic carbocycles. The Labute approximate surface area is 98.3 Å². The monoisotopic (exact) mass is 273 g/mol. The van der Waals surface area contributed by atoms with E-state index in [9.17, 15) is 0 Å². The molecule has 0 bridgehead atoms. The molecule has 1 nitrogen and oxygen atoms in total. The van der Waals surface area contributed by atoms with Crippen molar-refractivity contribution in [1.82, 2.24) is 5.32 Å². The molecule has 0 atom stereocenters. The van der Waals surface area contributed by atoms with E-state index in [0.717, 1.165) is 28.2 Å². The zero-order valence-electron chi connectivity index (χ0n) is 8.11. The summed E-state index contributed by atoms with van der Waals surface area (Å²) in [5, 5.41) is 4.04. The molecule has 0 spiro atoms. The summed E-state index contributed by atoms with van der Waals surface area (Å²) >= 11 is 9.30. The lowest BCUT2D eigenvalue weighted by molar-refractivity contribution is 0.739. The Morgan fingerprint density at radius 3 is 2.86 bits per heavy atom. The average molecular weight is 275 g/mol. The first-order valence-electron chi connectivity index (χ1n) is 4.38. The second-order valence-electron chi connectivity index (χ2n) is 3.30. The van der Waals surface area contributed by atoms with Gasteiger partial charge in [-0.15, -0.1) is 0 Å². The van der Waals surface area contributed by atoms with E-state index in [-0.39, 0.29) is 0 Å². The van der Waals surface area contributed by atoms with E-state index in [1.807, 2.05) is 25.1 Å². The summed E-state index contributed by atoms with van der Waals surface area (Å²) in [4.78, 5) is 0. The number of nitrogens with one attached hydrogen (secondary N) is 1. The second-order valence-corrected chi connectivity index (χ2v) is 4.59. The summed E-state index contributed by atoms with van der Waals surface area (Å²) in [5.74, 6) is 0. The Bertz CT molecular complexity index is 336. The summed E-state index contributed by atoms with van der Waals surface area (Å²) in [6.45, 7) is 7.50. The lowest BCUT2D eigenvalue weighted by atomic mass is 10.2. The molecule has 1 aromatic carbocycles. The van der Waals surface area contributed by atoms with Crippen LogP contribution in [0.5, 0.6) is 0 Å². The van der Waals surface area contributed by atoms with E-state index in [1.54, 1.807) is 0 Å². The van der Waals surface area contributed by atoms with Gasteiger partial charge in [-0.25, -0.2) is 0 Å². The van der Waals surface area contributed by atoms with Gasteiger partial charge in [-0.2, -0.15) is 0 Å². The quantitative estimate of drug-likeness (QED) is 0.824. The van der Waals surface area contributed by atoms with Crippen molar-refractivity contribution in [2.75, 3.05) is 6.54 Å². The van der Waals surface area contributed by atoms with Gasteiger partial charge in [0.25, 0.3) is 0 Å². The largest absolute Gasteiger partial charge is 0.309 e. The minimum atomic E-state index is 0.750. The minimum absolute atomic E-state index is 0.750. The number of halogens is 2. The third-order valence-corrected chi connectivity index (χ3v) is 2.73. The molecule has 1 aromatic rings. The van der Waals surface area contributed by atoms with Crippen molar-refractivity contribution in [3.63, 3.8) is 0 Å². The van der Waals surface area contributed by atoms with Crippen molar-refractivity contribution in [2.45, 2.75) is 13.5 Å². The van der Waals surface area contributed by atoms with Crippen LogP contribution in [0.25, 0.3) is 0 Å². The van der Waals surface area contributed by atoms with Crippen molar-refractivity contribution in [3.8, 4) is 0 Å². The highest BCUT2D eigenvalue weighted by Crippen LogP contribution is 2.21. The Morgan fingerprint density at radius 1 is 1.57 bits per heavy atom. The normalized spacial score (nSPS) is 10.2. The van der Waals surface area contributed by atoms with Crippen molar-refractivity contribution in [2.24, 2.45) is 0 Å². The van der Waals surface area contributed by atoms with Crippen molar-refractivity contribution in [3.05, 3.63) is 45.4 Å². The van der Waals surface area contributed by atoms with Crippen molar-refractivity contribution >= 4 is 27.5 Å². The van der Waals surface area contributed by atoms with E-state index < -0.39 is 0 Å². The highest BCUT2D eigenvalue weighted by atomic mass is 79.9. The SMILES string of the molecule is C=C(C)CNCc1ccc(Cl)cc1Br. The highest BCUT2D eigenvalue weighted by Gasteiger charge is 1.99. The van der Waals surface area contributed by atoms with Gasteiger partial charge < -0.3 is 5.32 Å². The van der Waals surface area contributed by atoms with Gasteiger partial charge in [-0.1, -0.05) is 45.7 Å². The number of benzene rings is 1. The van der Waals surface area contributed by atoms with Gasteiger partial charge in [-0.3, -0.25) is 0 Å². The molecule has 1 rings (SSSR count). The Hall–Kier alpha value is -0.310. The van der Waals surface area contributed by atoms with Gasteiger partial charge in [0.15, 0.2) is 0 Å². The molecule has 0 radical (unpaired) electrons. The first kappa shape index (κ1) is 11.8. The van der Waals surface area contributed by atoms with Crippen LogP contribution in [-0.2, 0) is 6.54 Å². The van der Waals surface area contributed by atoms with Crippen LogP contribution in [-0.4, -0.2) is 6.54 Å². The van der Waals surface area contributed by atoms with Crippen LogP contribution >= 0.6 is 27.5 Å². The van der Waals surface area contributed by atoms with Gasteiger partial charge in [-0.05, 0) is 24.6 Å². The molecule has 76 valence electrons. The van der Waals surface area contributed by atoms with Crippen LogP contribution in [0.3, 0.4) is 0 Å². The smallest absolute Gasteiger partial charge is 0.0417 e. The molecule has 0 heterocycles. The first-order chi connectivity index (χ1) is 6.59. The lowest BCUT2D eigenvalue weighted by Gasteiger charge is -2.06. The van der Waals surface area contributed by atoms with Gasteiger partial charge in [0.2, 0.25) is 0 Å². The first-order valence-corrected chi connectivity index (χ1v) is 5.55. The zero-order chi connectivity index (χ0) is 10.6. The molecule has 0 aliphatic heterocycles. The summed E-state index contributed by atoms with van der Waals surface area (Å²) < 4.78 is 1.04. The minimum Gasteiger partial charge on any atom is -0.309 e.